The van der Waals surface area contributed by atoms with E-state index in [1.807, 2.05) is 35.8 Å². The van der Waals surface area contributed by atoms with Crippen LogP contribution in [0.3, 0.4) is 0 Å². The molecule has 1 aliphatic heterocycles. The molecule has 322 valence electrons. The van der Waals surface area contributed by atoms with E-state index in [0.717, 1.165) is 10.9 Å². The van der Waals surface area contributed by atoms with Crippen LogP contribution >= 0.6 is 12.6 Å². The second kappa shape index (κ2) is 20.0. The number of unbranched alkanes of at least 4 members (excludes halogenated alkanes) is 2. The van der Waals surface area contributed by atoms with Crippen molar-refractivity contribution in [3.63, 3.8) is 0 Å². The molecule has 0 aliphatic carbocycles. The number of anilines is 2. The Kier molecular flexibility index (Phi) is 15.1. The molecule has 2 aromatic carbocycles. The highest BCUT2D eigenvalue weighted by atomic mass is 32.1. The molecule has 4 aromatic rings. The summed E-state index contributed by atoms with van der Waals surface area (Å²) in [6.45, 7) is 9.32. The molecule has 18 heteroatoms. The van der Waals surface area contributed by atoms with Gasteiger partial charge in [-0.25, -0.2) is 14.8 Å². The third-order valence-electron chi connectivity index (χ3n) is 10.0. The van der Waals surface area contributed by atoms with Gasteiger partial charge in [0, 0.05) is 37.0 Å². The molecule has 1 fully saturated rings. The summed E-state index contributed by atoms with van der Waals surface area (Å²) in [5.41, 5.74) is 8.25. The van der Waals surface area contributed by atoms with Crippen LogP contribution in [0.25, 0.3) is 21.9 Å². The van der Waals surface area contributed by atoms with Crippen LogP contribution in [0, 0.1) is 5.92 Å². The minimum absolute atomic E-state index is 0.0407. The maximum atomic E-state index is 13.3. The number of nitrogens with one attached hydrogen (secondary N) is 3. The summed E-state index contributed by atoms with van der Waals surface area (Å²) < 4.78 is 7.53. The number of imide groups is 1. The van der Waals surface area contributed by atoms with E-state index in [4.69, 9.17) is 15.5 Å². The summed E-state index contributed by atoms with van der Waals surface area (Å²) in [4.78, 5) is 87.5. The van der Waals surface area contributed by atoms with Crippen LogP contribution in [0.2, 0.25) is 0 Å². The van der Waals surface area contributed by atoms with Gasteiger partial charge in [0.2, 0.25) is 29.5 Å². The molecule has 6 amide bonds. The van der Waals surface area contributed by atoms with Gasteiger partial charge in [0.05, 0.1) is 41.5 Å². The SMILES string of the molecule is CCN(Cc1nc2c(N)nc3ccccc3c2n1CC(C)(C)O)C(=O)OCc1ccc(NC(=O)CNC(=O)C(NC(=O)CCCCCN2C(=O)CC(S)C2=O)C(C)C)cc1. The van der Waals surface area contributed by atoms with Gasteiger partial charge in [0.15, 0.2) is 5.82 Å². The van der Waals surface area contributed by atoms with Crippen molar-refractivity contribution in [1.29, 1.82) is 0 Å². The number of amides is 6. The van der Waals surface area contributed by atoms with E-state index in [2.05, 4.69) is 33.6 Å². The third kappa shape index (κ3) is 11.7. The topological polar surface area (TPSA) is 231 Å². The molecule has 2 unspecified atom stereocenters. The Balaban J connectivity index is 1.07. The molecular formula is C42H55N9O8S. The normalized spacial score (nSPS) is 14.8. The summed E-state index contributed by atoms with van der Waals surface area (Å²) in [6.07, 6.45) is 1.40. The summed E-state index contributed by atoms with van der Waals surface area (Å²) in [5, 5.41) is 19.1. The number of nitrogen functional groups attached to an aromatic ring is 1. The smallest absolute Gasteiger partial charge is 0.410 e. The van der Waals surface area contributed by atoms with E-state index in [-0.39, 0.29) is 68.5 Å². The van der Waals surface area contributed by atoms with Crippen molar-refractivity contribution in [2.45, 2.75) is 103 Å². The monoisotopic (exact) mass is 845 g/mol. The number of ether oxygens (including phenoxy) is 1. The van der Waals surface area contributed by atoms with Gasteiger partial charge in [-0.2, -0.15) is 12.6 Å². The molecule has 2 atom stereocenters. The van der Waals surface area contributed by atoms with Crippen LogP contribution in [0.4, 0.5) is 16.3 Å². The number of pyridine rings is 1. The average Bonchev–Trinajstić information content (AvgIpc) is 3.67. The number of hydrogen-bond donors (Lipinski definition) is 6. The fourth-order valence-electron chi connectivity index (χ4n) is 6.88. The zero-order valence-corrected chi connectivity index (χ0v) is 35.6. The highest BCUT2D eigenvalue weighted by Crippen LogP contribution is 2.30. The minimum Gasteiger partial charge on any atom is -0.445 e. The Morgan fingerprint density at radius 3 is 2.40 bits per heavy atom. The molecule has 60 heavy (non-hydrogen) atoms. The van der Waals surface area contributed by atoms with E-state index in [0.29, 0.717) is 60.5 Å². The molecule has 6 N–H and O–H groups in total. The summed E-state index contributed by atoms with van der Waals surface area (Å²) in [5.74, 6) is -1.29. The van der Waals surface area contributed by atoms with Crippen molar-refractivity contribution in [3.8, 4) is 0 Å². The third-order valence-corrected chi connectivity index (χ3v) is 10.4. The lowest BCUT2D eigenvalue weighted by Crippen LogP contribution is -2.51. The number of aliphatic hydroxyl groups is 1. The van der Waals surface area contributed by atoms with Crippen molar-refractivity contribution in [2.75, 3.05) is 30.7 Å². The first kappa shape index (κ1) is 45.3. The highest BCUT2D eigenvalue weighted by molar-refractivity contribution is 7.81. The number of carbonyl (C=O) groups excluding carboxylic acids is 6. The number of aromatic nitrogens is 3. The van der Waals surface area contributed by atoms with Crippen LogP contribution in [-0.4, -0.2) is 102 Å². The van der Waals surface area contributed by atoms with Gasteiger partial charge in [-0.05, 0) is 63.3 Å². The fraction of sp³-hybridized carbons (Fsp3) is 0.476. The second-order valence-corrected chi connectivity index (χ2v) is 16.5. The largest absolute Gasteiger partial charge is 0.445 e. The number of likely N-dealkylation sites (tertiary alicyclic amines) is 1. The van der Waals surface area contributed by atoms with Gasteiger partial charge in [-0.3, -0.25) is 28.9 Å². The molecule has 1 aliphatic rings. The van der Waals surface area contributed by atoms with Crippen LogP contribution in [0.15, 0.2) is 48.5 Å². The average molecular weight is 846 g/mol. The number of imidazole rings is 1. The van der Waals surface area contributed by atoms with E-state index in [9.17, 15) is 33.9 Å². The zero-order valence-electron chi connectivity index (χ0n) is 34.7. The summed E-state index contributed by atoms with van der Waals surface area (Å²) in [6, 6.07) is 13.4. The number of rotatable bonds is 19. The Hall–Kier alpha value is -5.75. The molecular weight excluding hydrogens is 791 g/mol. The Bertz CT molecular complexity index is 2220. The maximum Gasteiger partial charge on any atom is 0.410 e. The lowest BCUT2D eigenvalue weighted by atomic mass is 10.0. The number of nitrogens with two attached hydrogens (primary N) is 1. The first-order valence-electron chi connectivity index (χ1n) is 20.1. The van der Waals surface area contributed by atoms with E-state index in [1.165, 1.54) is 9.80 Å². The summed E-state index contributed by atoms with van der Waals surface area (Å²) in [7, 11) is 0. The van der Waals surface area contributed by atoms with Crippen molar-refractivity contribution in [3.05, 3.63) is 59.9 Å². The first-order chi connectivity index (χ1) is 28.4. The molecule has 0 bridgehead atoms. The molecule has 2 aromatic heterocycles. The van der Waals surface area contributed by atoms with Gasteiger partial charge in [-0.15, -0.1) is 0 Å². The molecule has 1 saturated heterocycles. The predicted molar refractivity (Wildman–Crippen MR) is 229 cm³/mol. The van der Waals surface area contributed by atoms with E-state index >= 15 is 0 Å². The number of hydrogen-bond acceptors (Lipinski definition) is 12. The quantitative estimate of drug-likeness (QED) is 0.0450. The highest BCUT2D eigenvalue weighted by Gasteiger charge is 2.35. The van der Waals surface area contributed by atoms with Gasteiger partial charge in [0.25, 0.3) is 0 Å². The molecule has 0 radical (unpaired) electrons. The van der Waals surface area contributed by atoms with Crippen LogP contribution < -0.4 is 21.7 Å². The van der Waals surface area contributed by atoms with Crippen molar-refractivity contribution < 1.29 is 38.6 Å². The van der Waals surface area contributed by atoms with Crippen LogP contribution in [0.5, 0.6) is 0 Å². The van der Waals surface area contributed by atoms with Gasteiger partial charge in [0.1, 0.15) is 24.0 Å². The standard InChI is InChI=1S/C42H55N9O8S/c1-6-49(22-31-47-36-37(51(31)24-42(4,5)58)28-12-9-10-13-29(28)46-38(36)43)41(57)59-23-26-15-17-27(18-16-26)45-33(53)21-44-39(55)35(25(2)3)48-32(52)14-8-7-11-19-50-34(54)20-30(60)40(50)56/h9-10,12-13,15-18,25,30,35,58,60H,6-8,11,14,19-24H2,1-5H3,(H2,43,46)(H,44,55)(H,45,53)(H,48,52). The number of para-hydroxylation sites is 1. The number of benzene rings is 2. The maximum absolute atomic E-state index is 13.3. The summed E-state index contributed by atoms with van der Waals surface area (Å²) >= 11 is 4.12. The van der Waals surface area contributed by atoms with Crippen molar-refractivity contribution in [2.24, 2.45) is 5.92 Å². The number of carbonyl (C=O) groups is 6. The van der Waals surface area contributed by atoms with Crippen molar-refractivity contribution in [1.82, 2.24) is 35.0 Å². The minimum atomic E-state index is -1.10. The van der Waals surface area contributed by atoms with Gasteiger partial charge in [-0.1, -0.05) is 50.6 Å². The molecule has 3 heterocycles. The lowest BCUT2D eigenvalue weighted by Gasteiger charge is -2.24. The number of fused-ring (bicyclic) bond motifs is 3. The van der Waals surface area contributed by atoms with Gasteiger partial charge >= 0.3 is 6.09 Å². The Morgan fingerprint density at radius 1 is 1.03 bits per heavy atom. The molecule has 17 nitrogen and oxygen atoms in total. The molecule has 0 spiro atoms. The number of nitrogens with zero attached hydrogens (tertiary/aromatic N) is 5. The van der Waals surface area contributed by atoms with E-state index in [1.54, 1.807) is 52.0 Å². The Labute approximate surface area is 354 Å². The first-order valence-corrected chi connectivity index (χ1v) is 20.6. The lowest BCUT2D eigenvalue weighted by molar-refractivity contribution is -0.138. The van der Waals surface area contributed by atoms with Crippen LogP contribution in [-0.2, 0) is 48.4 Å². The number of thiol groups is 1. The zero-order chi connectivity index (χ0) is 43.7. The van der Waals surface area contributed by atoms with Crippen molar-refractivity contribution >= 4 is 81.7 Å². The predicted octanol–water partition coefficient (Wildman–Crippen LogP) is 3.91. The fourth-order valence-corrected chi connectivity index (χ4v) is 7.17. The molecule has 5 rings (SSSR count). The molecule has 0 saturated carbocycles. The van der Waals surface area contributed by atoms with Crippen LogP contribution in [0.1, 0.15) is 78.1 Å². The van der Waals surface area contributed by atoms with E-state index < -0.39 is 34.8 Å². The Morgan fingerprint density at radius 2 is 1.75 bits per heavy atom. The second-order valence-electron chi connectivity index (χ2n) is 15.9. The van der Waals surface area contributed by atoms with Gasteiger partial charge < -0.3 is 41.0 Å².